The zero-order chi connectivity index (χ0) is 13.7. The minimum absolute atomic E-state index is 0.0830. The van der Waals surface area contributed by atoms with Gasteiger partial charge in [-0.05, 0) is 25.0 Å². The second-order valence-corrected chi connectivity index (χ2v) is 5.21. The lowest BCUT2D eigenvalue weighted by atomic mass is 10.1. The molecule has 19 heavy (non-hydrogen) atoms. The van der Waals surface area contributed by atoms with E-state index in [1.165, 1.54) is 0 Å². The van der Waals surface area contributed by atoms with E-state index < -0.39 is 0 Å². The zero-order valence-electron chi connectivity index (χ0n) is 10.9. The average molecular weight is 278 g/mol. The minimum Gasteiger partial charge on any atom is -0.396 e. The van der Waals surface area contributed by atoms with Crippen molar-refractivity contribution in [3.8, 4) is 0 Å². The molecule has 0 aliphatic carbocycles. The molecule has 1 saturated heterocycles. The molecule has 1 heterocycles. The number of likely N-dealkylation sites (N-methyl/N-ethyl adjacent to an activating group) is 1. The van der Waals surface area contributed by atoms with Crippen LogP contribution in [0.15, 0.2) is 35.4 Å². The average Bonchev–Trinajstić information content (AvgIpc) is 2.79. The third kappa shape index (κ3) is 3.30. The molecule has 4 nitrogen and oxygen atoms in total. The smallest absolute Gasteiger partial charge is 0.262 e. The molecule has 1 aromatic carbocycles. The van der Waals surface area contributed by atoms with Gasteiger partial charge in [0.1, 0.15) is 0 Å². The Kier molecular flexibility index (Phi) is 4.87. The van der Waals surface area contributed by atoms with Gasteiger partial charge in [-0.1, -0.05) is 30.0 Å². The Hall–Kier alpha value is -1.46. The maximum Gasteiger partial charge on any atom is 0.262 e. The number of amides is 1. The fourth-order valence-corrected chi connectivity index (χ4v) is 2.89. The summed E-state index contributed by atoms with van der Waals surface area (Å²) in [6.07, 6.45) is 2.37. The lowest BCUT2D eigenvalue weighted by Crippen LogP contribution is -2.24. The van der Waals surface area contributed by atoms with Crippen LogP contribution >= 0.6 is 11.8 Å². The fraction of sp³-hybridized carbons (Fsp3) is 0.357. The highest BCUT2D eigenvalue weighted by molar-refractivity contribution is 8.04. The summed E-state index contributed by atoms with van der Waals surface area (Å²) < 4.78 is 0. The molecule has 1 fully saturated rings. The molecule has 5 heteroatoms. The Labute approximate surface area is 117 Å². The number of nitrogens with one attached hydrogen (secondary N) is 1. The van der Waals surface area contributed by atoms with E-state index in [1.54, 1.807) is 22.9 Å². The van der Waals surface area contributed by atoms with E-state index in [0.717, 1.165) is 28.6 Å². The van der Waals surface area contributed by atoms with Crippen molar-refractivity contribution in [2.45, 2.75) is 13.3 Å². The Bertz CT molecular complexity index is 488. The predicted octanol–water partition coefficient (Wildman–Crippen LogP) is 2.03. The lowest BCUT2D eigenvalue weighted by Gasteiger charge is -2.10. The number of hydrogen-bond donors (Lipinski definition) is 2. The van der Waals surface area contributed by atoms with Crippen molar-refractivity contribution in [3.63, 3.8) is 0 Å². The molecular formula is C14H18N2O2S. The number of aliphatic hydroxyl groups excluding tert-OH is 1. The maximum atomic E-state index is 11.9. The molecule has 2 N–H and O–H groups in total. The highest BCUT2D eigenvalue weighted by Gasteiger charge is 2.24. The van der Waals surface area contributed by atoms with Crippen molar-refractivity contribution >= 4 is 23.4 Å². The van der Waals surface area contributed by atoms with E-state index in [9.17, 15) is 4.79 Å². The first-order valence-electron chi connectivity index (χ1n) is 6.33. The molecule has 1 aliphatic rings. The van der Waals surface area contributed by atoms with Crippen LogP contribution in [0.4, 0.5) is 5.69 Å². The Morgan fingerprint density at radius 2 is 2.26 bits per heavy atom. The highest BCUT2D eigenvalue weighted by Crippen LogP contribution is 2.27. The van der Waals surface area contributed by atoms with Gasteiger partial charge < -0.3 is 15.3 Å². The van der Waals surface area contributed by atoms with Crippen LogP contribution in [0.1, 0.15) is 12.5 Å². The molecule has 1 amide bonds. The summed E-state index contributed by atoms with van der Waals surface area (Å²) in [5, 5.41) is 12.2. The standard InChI is InChI=1S/C14H18N2O2S/c1-2-16-10-19-13(14(16)18)9-15-12-6-4-3-5-11(12)7-8-17/h3-6,9,15,17H,2,7-8,10H2,1H3. The Balaban J connectivity index is 2.08. The van der Waals surface area contributed by atoms with Gasteiger partial charge >= 0.3 is 0 Å². The number of anilines is 1. The second-order valence-electron chi connectivity index (χ2n) is 4.22. The number of carbonyl (C=O) groups is 1. The van der Waals surface area contributed by atoms with E-state index in [4.69, 9.17) is 5.11 Å². The molecule has 1 aliphatic heterocycles. The van der Waals surface area contributed by atoms with E-state index in [2.05, 4.69) is 5.32 Å². The number of thioether (sulfide) groups is 1. The Morgan fingerprint density at radius 1 is 1.47 bits per heavy atom. The monoisotopic (exact) mass is 278 g/mol. The van der Waals surface area contributed by atoms with Crippen molar-refractivity contribution in [3.05, 3.63) is 40.9 Å². The number of carbonyl (C=O) groups excluding carboxylic acids is 1. The molecule has 0 spiro atoms. The number of benzene rings is 1. The third-order valence-electron chi connectivity index (χ3n) is 3.01. The minimum atomic E-state index is 0.0830. The van der Waals surface area contributed by atoms with Gasteiger partial charge in [0.2, 0.25) is 0 Å². The second kappa shape index (κ2) is 6.63. The largest absolute Gasteiger partial charge is 0.396 e. The van der Waals surface area contributed by atoms with E-state index in [1.807, 2.05) is 31.2 Å². The van der Waals surface area contributed by atoms with Crippen molar-refractivity contribution in [1.29, 1.82) is 0 Å². The van der Waals surface area contributed by atoms with Crippen molar-refractivity contribution in [1.82, 2.24) is 4.90 Å². The maximum absolute atomic E-state index is 11.9. The van der Waals surface area contributed by atoms with Crippen LogP contribution in [0.5, 0.6) is 0 Å². The number of hydrogen-bond acceptors (Lipinski definition) is 4. The molecular weight excluding hydrogens is 260 g/mol. The van der Waals surface area contributed by atoms with Gasteiger partial charge in [-0.25, -0.2) is 0 Å². The van der Waals surface area contributed by atoms with Crippen molar-refractivity contribution in [2.24, 2.45) is 0 Å². The van der Waals surface area contributed by atoms with Gasteiger partial charge in [0, 0.05) is 25.0 Å². The first-order valence-corrected chi connectivity index (χ1v) is 7.32. The van der Waals surface area contributed by atoms with Crippen molar-refractivity contribution in [2.75, 3.05) is 24.3 Å². The molecule has 0 aromatic heterocycles. The first kappa shape index (κ1) is 14.0. The van der Waals surface area contributed by atoms with Gasteiger partial charge in [-0.2, -0.15) is 0 Å². The normalized spacial score (nSPS) is 17.3. The molecule has 0 unspecified atom stereocenters. The van der Waals surface area contributed by atoms with Crippen LogP contribution in [-0.2, 0) is 11.2 Å². The number of rotatable bonds is 5. The molecule has 102 valence electrons. The molecule has 1 aromatic rings. The number of aliphatic hydroxyl groups is 1. The molecule has 0 saturated carbocycles. The summed E-state index contributed by atoms with van der Waals surface area (Å²) in [6.45, 7) is 2.84. The summed E-state index contributed by atoms with van der Waals surface area (Å²) in [5.74, 6) is 0.806. The SMILES string of the molecule is CCN1CSC(=CNc2ccccc2CCO)C1=O. The summed E-state index contributed by atoms with van der Waals surface area (Å²) in [4.78, 5) is 14.5. The first-order chi connectivity index (χ1) is 9.26. The van der Waals surface area contributed by atoms with Gasteiger partial charge in [-0.15, -0.1) is 0 Å². The topological polar surface area (TPSA) is 52.6 Å². The molecule has 2 rings (SSSR count). The van der Waals surface area contributed by atoms with Crippen LogP contribution in [0.25, 0.3) is 0 Å². The molecule has 0 radical (unpaired) electrons. The van der Waals surface area contributed by atoms with Crippen LogP contribution in [-0.4, -0.2) is 34.9 Å². The van der Waals surface area contributed by atoms with E-state index in [-0.39, 0.29) is 12.5 Å². The summed E-state index contributed by atoms with van der Waals surface area (Å²) >= 11 is 1.55. The van der Waals surface area contributed by atoms with Crippen LogP contribution in [0, 0.1) is 0 Å². The van der Waals surface area contributed by atoms with Crippen LogP contribution < -0.4 is 5.32 Å². The quantitative estimate of drug-likeness (QED) is 0.809. The van der Waals surface area contributed by atoms with E-state index in [0.29, 0.717) is 6.42 Å². The fourth-order valence-electron chi connectivity index (χ4n) is 1.90. The number of nitrogens with zero attached hydrogens (tertiary/aromatic N) is 1. The Morgan fingerprint density at radius 3 is 2.95 bits per heavy atom. The lowest BCUT2D eigenvalue weighted by molar-refractivity contribution is -0.124. The van der Waals surface area contributed by atoms with E-state index >= 15 is 0 Å². The molecule has 0 bridgehead atoms. The third-order valence-corrected chi connectivity index (χ3v) is 4.06. The summed E-state index contributed by atoms with van der Waals surface area (Å²) in [5.41, 5.74) is 1.98. The van der Waals surface area contributed by atoms with Gasteiger partial charge in [0.05, 0.1) is 10.8 Å². The van der Waals surface area contributed by atoms with Gasteiger partial charge in [0.15, 0.2) is 0 Å². The van der Waals surface area contributed by atoms with Crippen LogP contribution in [0.3, 0.4) is 0 Å². The van der Waals surface area contributed by atoms with Crippen LogP contribution in [0.2, 0.25) is 0 Å². The van der Waals surface area contributed by atoms with Crippen molar-refractivity contribution < 1.29 is 9.90 Å². The zero-order valence-corrected chi connectivity index (χ0v) is 11.7. The summed E-state index contributed by atoms with van der Waals surface area (Å²) in [7, 11) is 0. The predicted molar refractivity (Wildman–Crippen MR) is 78.8 cm³/mol. The highest BCUT2D eigenvalue weighted by atomic mass is 32.2. The number of para-hydroxylation sites is 1. The molecule has 0 atom stereocenters. The van der Waals surface area contributed by atoms with Gasteiger partial charge in [-0.3, -0.25) is 4.79 Å². The van der Waals surface area contributed by atoms with Gasteiger partial charge in [0.25, 0.3) is 5.91 Å². The summed E-state index contributed by atoms with van der Waals surface area (Å²) in [6, 6.07) is 7.80.